The topological polar surface area (TPSA) is 59.8 Å². The summed E-state index contributed by atoms with van der Waals surface area (Å²) in [7, 11) is 1.86. The van der Waals surface area contributed by atoms with Gasteiger partial charge in [0.1, 0.15) is 6.33 Å². The summed E-state index contributed by atoms with van der Waals surface area (Å²) in [6.07, 6.45) is 2.61. The second kappa shape index (κ2) is 6.56. The molecule has 0 aliphatic rings. The number of amides is 1. The predicted molar refractivity (Wildman–Crippen MR) is 80.8 cm³/mol. The average Bonchev–Trinajstić information content (AvgIpc) is 2.85. The van der Waals surface area contributed by atoms with Crippen molar-refractivity contribution in [2.24, 2.45) is 7.05 Å². The van der Waals surface area contributed by atoms with Crippen LogP contribution in [0.15, 0.2) is 35.7 Å². The van der Waals surface area contributed by atoms with E-state index in [9.17, 15) is 4.79 Å². The molecule has 20 heavy (non-hydrogen) atoms. The maximum Gasteiger partial charge on any atom is 0.237 e. The fourth-order valence-electron chi connectivity index (χ4n) is 1.66. The van der Waals surface area contributed by atoms with Gasteiger partial charge in [-0.2, -0.15) is 0 Å². The minimum Gasteiger partial charge on any atom is -0.325 e. The van der Waals surface area contributed by atoms with Crippen LogP contribution in [0, 0.1) is 0 Å². The van der Waals surface area contributed by atoms with Crippen molar-refractivity contribution in [3.63, 3.8) is 0 Å². The van der Waals surface area contributed by atoms with Crippen molar-refractivity contribution >= 4 is 23.4 Å². The van der Waals surface area contributed by atoms with Gasteiger partial charge in [0.05, 0.1) is 5.25 Å². The Balaban J connectivity index is 1.95. The summed E-state index contributed by atoms with van der Waals surface area (Å²) in [6, 6.07) is 7.90. The van der Waals surface area contributed by atoms with Crippen molar-refractivity contribution in [3.05, 3.63) is 36.2 Å². The first kappa shape index (κ1) is 14.6. The molecule has 0 saturated carbocycles. The highest BCUT2D eigenvalue weighted by Gasteiger charge is 2.17. The number of anilines is 1. The lowest BCUT2D eigenvalue weighted by molar-refractivity contribution is -0.115. The van der Waals surface area contributed by atoms with Crippen molar-refractivity contribution in [1.29, 1.82) is 0 Å². The molecule has 2 rings (SSSR count). The van der Waals surface area contributed by atoms with E-state index in [2.05, 4.69) is 22.4 Å². The molecular weight excluding hydrogens is 272 g/mol. The third-order valence-corrected chi connectivity index (χ3v) is 4.10. The van der Waals surface area contributed by atoms with Gasteiger partial charge in [-0.05, 0) is 31.0 Å². The van der Waals surface area contributed by atoms with E-state index < -0.39 is 0 Å². The molecule has 6 heteroatoms. The van der Waals surface area contributed by atoms with Crippen LogP contribution in [0.3, 0.4) is 0 Å². The second-order valence-corrected chi connectivity index (χ2v) is 5.83. The van der Waals surface area contributed by atoms with E-state index in [4.69, 9.17) is 0 Å². The van der Waals surface area contributed by atoms with Gasteiger partial charge in [0.15, 0.2) is 5.16 Å². The number of hydrogen-bond donors (Lipinski definition) is 1. The monoisotopic (exact) mass is 290 g/mol. The molecule has 1 atom stereocenters. The van der Waals surface area contributed by atoms with E-state index in [1.54, 1.807) is 10.9 Å². The number of nitrogens with one attached hydrogen (secondary N) is 1. The van der Waals surface area contributed by atoms with Gasteiger partial charge in [0.25, 0.3) is 0 Å². The van der Waals surface area contributed by atoms with Gasteiger partial charge in [0, 0.05) is 12.7 Å². The molecule has 106 valence electrons. The van der Waals surface area contributed by atoms with Crippen LogP contribution in [0.25, 0.3) is 0 Å². The van der Waals surface area contributed by atoms with Gasteiger partial charge >= 0.3 is 0 Å². The van der Waals surface area contributed by atoms with Crippen molar-refractivity contribution in [3.8, 4) is 0 Å². The third-order valence-electron chi connectivity index (χ3n) is 2.95. The zero-order valence-electron chi connectivity index (χ0n) is 11.8. The molecule has 0 aliphatic carbocycles. The Hall–Kier alpha value is -1.82. The van der Waals surface area contributed by atoms with Crippen molar-refractivity contribution in [2.75, 3.05) is 5.32 Å². The maximum absolute atomic E-state index is 12.1. The van der Waals surface area contributed by atoms with Crippen LogP contribution in [0.2, 0.25) is 0 Å². The molecule has 1 amide bonds. The van der Waals surface area contributed by atoms with Gasteiger partial charge < -0.3 is 9.88 Å². The van der Waals surface area contributed by atoms with E-state index in [1.807, 2.05) is 38.2 Å². The van der Waals surface area contributed by atoms with E-state index >= 15 is 0 Å². The molecule has 0 unspecified atom stereocenters. The third kappa shape index (κ3) is 3.60. The summed E-state index contributed by atoms with van der Waals surface area (Å²) in [6.45, 7) is 3.96. The van der Waals surface area contributed by atoms with Crippen LogP contribution in [-0.2, 0) is 18.3 Å². The number of nitrogens with zero attached hydrogens (tertiary/aromatic N) is 3. The predicted octanol–water partition coefficient (Wildman–Crippen LogP) is 2.50. The molecule has 5 nitrogen and oxygen atoms in total. The number of aryl methyl sites for hydroxylation is 2. The first-order valence-corrected chi connectivity index (χ1v) is 7.38. The smallest absolute Gasteiger partial charge is 0.237 e. The molecule has 0 fully saturated rings. The molecule has 1 heterocycles. The zero-order chi connectivity index (χ0) is 14.5. The minimum atomic E-state index is -0.233. The van der Waals surface area contributed by atoms with E-state index in [0.717, 1.165) is 17.3 Å². The Morgan fingerprint density at radius 1 is 1.40 bits per heavy atom. The second-order valence-electron chi connectivity index (χ2n) is 4.52. The zero-order valence-corrected chi connectivity index (χ0v) is 12.6. The van der Waals surface area contributed by atoms with Crippen LogP contribution in [0.1, 0.15) is 19.4 Å². The molecule has 0 spiro atoms. The van der Waals surface area contributed by atoms with Gasteiger partial charge in [0.2, 0.25) is 5.91 Å². The molecule has 0 aliphatic heterocycles. The van der Waals surface area contributed by atoms with Crippen LogP contribution in [0.4, 0.5) is 5.69 Å². The van der Waals surface area contributed by atoms with Gasteiger partial charge in [-0.1, -0.05) is 30.8 Å². The van der Waals surface area contributed by atoms with Crippen LogP contribution < -0.4 is 5.32 Å². The SMILES string of the molecule is CCc1ccc(NC(=O)[C@H](C)Sc2nncn2C)cc1. The Morgan fingerprint density at radius 2 is 2.10 bits per heavy atom. The molecule has 0 saturated heterocycles. The number of hydrogen-bond acceptors (Lipinski definition) is 4. The Bertz CT molecular complexity index is 579. The van der Waals surface area contributed by atoms with Gasteiger partial charge in [-0.15, -0.1) is 10.2 Å². The molecular formula is C14H18N4OS. The van der Waals surface area contributed by atoms with Crippen molar-refractivity contribution < 1.29 is 4.79 Å². The number of carbonyl (C=O) groups excluding carboxylic acids is 1. The summed E-state index contributed by atoms with van der Waals surface area (Å²) < 4.78 is 1.80. The molecule has 0 radical (unpaired) electrons. The average molecular weight is 290 g/mol. The van der Waals surface area contributed by atoms with Crippen molar-refractivity contribution in [1.82, 2.24) is 14.8 Å². The Kier molecular flexibility index (Phi) is 4.79. The fraction of sp³-hybridized carbons (Fsp3) is 0.357. The maximum atomic E-state index is 12.1. The lowest BCUT2D eigenvalue weighted by atomic mass is 10.1. The normalized spacial score (nSPS) is 12.2. The number of thioether (sulfide) groups is 1. The van der Waals surface area contributed by atoms with Crippen LogP contribution >= 0.6 is 11.8 Å². The standard InChI is InChI=1S/C14H18N4OS/c1-4-11-5-7-12(8-6-11)16-13(19)10(2)20-14-17-15-9-18(14)3/h5-10H,4H2,1-3H3,(H,16,19)/t10-/m0/s1. The minimum absolute atomic E-state index is 0.0396. The fourth-order valence-corrected chi connectivity index (χ4v) is 2.45. The Labute approximate surface area is 122 Å². The summed E-state index contributed by atoms with van der Waals surface area (Å²) in [5.41, 5.74) is 2.07. The summed E-state index contributed by atoms with van der Waals surface area (Å²) in [5, 5.41) is 11.2. The van der Waals surface area contributed by atoms with Gasteiger partial charge in [-0.25, -0.2) is 0 Å². The number of aromatic nitrogens is 3. The quantitative estimate of drug-likeness (QED) is 0.860. The van der Waals surface area contributed by atoms with Crippen molar-refractivity contribution in [2.45, 2.75) is 30.7 Å². The molecule has 2 aromatic rings. The first-order chi connectivity index (χ1) is 9.60. The number of rotatable bonds is 5. The number of benzene rings is 1. The highest BCUT2D eigenvalue weighted by Crippen LogP contribution is 2.21. The van der Waals surface area contributed by atoms with E-state index in [0.29, 0.717) is 0 Å². The van der Waals surface area contributed by atoms with E-state index in [1.165, 1.54) is 17.3 Å². The van der Waals surface area contributed by atoms with E-state index in [-0.39, 0.29) is 11.2 Å². The summed E-state index contributed by atoms with van der Waals surface area (Å²) in [5.74, 6) is -0.0396. The molecule has 1 aromatic carbocycles. The molecule has 1 aromatic heterocycles. The molecule has 0 bridgehead atoms. The summed E-state index contributed by atoms with van der Waals surface area (Å²) >= 11 is 1.39. The summed E-state index contributed by atoms with van der Waals surface area (Å²) in [4.78, 5) is 12.1. The highest BCUT2D eigenvalue weighted by molar-refractivity contribution is 8.00. The highest BCUT2D eigenvalue weighted by atomic mass is 32.2. The molecule has 1 N–H and O–H groups in total. The largest absolute Gasteiger partial charge is 0.325 e. The first-order valence-electron chi connectivity index (χ1n) is 6.50. The number of carbonyl (C=O) groups is 1. The van der Waals surface area contributed by atoms with Crippen LogP contribution in [0.5, 0.6) is 0 Å². The Morgan fingerprint density at radius 3 is 2.65 bits per heavy atom. The van der Waals surface area contributed by atoms with Crippen LogP contribution in [-0.4, -0.2) is 25.9 Å². The van der Waals surface area contributed by atoms with Gasteiger partial charge in [-0.3, -0.25) is 4.79 Å². The lowest BCUT2D eigenvalue weighted by Gasteiger charge is -2.11. The lowest BCUT2D eigenvalue weighted by Crippen LogP contribution is -2.22.